The maximum atomic E-state index is 13.6. The summed E-state index contributed by atoms with van der Waals surface area (Å²) in [6.45, 7) is 0.302. The Labute approximate surface area is 115 Å². The summed E-state index contributed by atoms with van der Waals surface area (Å²) in [4.78, 5) is 11.9. The zero-order chi connectivity index (χ0) is 14.5. The molecule has 0 aromatic heterocycles. The second-order valence-electron chi connectivity index (χ2n) is 4.23. The molecular weight excluding hydrogens is 262 g/mol. The SMILES string of the molecule is CNc1c(F)cc(C(=O)NCc2ccccc2)cc1F. The second-order valence-corrected chi connectivity index (χ2v) is 4.23. The first-order valence-electron chi connectivity index (χ1n) is 6.10. The number of hydrogen-bond acceptors (Lipinski definition) is 2. The molecule has 0 fully saturated rings. The highest BCUT2D eigenvalue weighted by Crippen LogP contribution is 2.20. The van der Waals surface area contributed by atoms with Crippen LogP contribution in [0.1, 0.15) is 15.9 Å². The molecule has 0 atom stereocenters. The van der Waals surface area contributed by atoms with Crippen molar-refractivity contribution in [2.24, 2.45) is 0 Å². The molecule has 2 aromatic rings. The van der Waals surface area contributed by atoms with Crippen LogP contribution in [0.25, 0.3) is 0 Å². The third-order valence-corrected chi connectivity index (χ3v) is 2.85. The number of carbonyl (C=O) groups excluding carboxylic acids is 1. The minimum absolute atomic E-state index is 0.0464. The van der Waals surface area contributed by atoms with Crippen molar-refractivity contribution >= 4 is 11.6 Å². The maximum absolute atomic E-state index is 13.6. The van der Waals surface area contributed by atoms with Crippen LogP contribution in [0.5, 0.6) is 0 Å². The van der Waals surface area contributed by atoms with Gasteiger partial charge in [-0.2, -0.15) is 0 Å². The van der Waals surface area contributed by atoms with Crippen LogP contribution in [-0.4, -0.2) is 13.0 Å². The van der Waals surface area contributed by atoms with Crippen molar-refractivity contribution in [2.45, 2.75) is 6.54 Å². The minimum Gasteiger partial charge on any atom is -0.383 e. The number of halogens is 2. The second kappa shape index (κ2) is 6.14. The zero-order valence-electron chi connectivity index (χ0n) is 10.9. The number of amides is 1. The normalized spacial score (nSPS) is 10.2. The molecule has 0 saturated heterocycles. The number of nitrogens with one attached hydrogen (secondary N) is 2. The van der Waals surface area contributed by atoms with E-state index < -0.39 is 17.5 Å². The maximum Gasteiger partial charge on any atom is 0.251 e. The van der Waals surface area contributed by atoms with Crippen LogP contribution in [0.3, 0.4) is 0 Å². The lowest BCUT2D eigenvalue weighted by Crippen LogP contribution is -2.23. The Morgan fingerprint density at radius 2 is 1.70 bits per heavy atom. The Hall–Kier alpha value is -2.43. The topological polar surface area (TPSA) is 41.1 Å². The van der Waals surface area contributed by atoms with Gasteiger partial charge in [-0.15, -0.1) is 0 Å². The van der Waals surface area contributed by atoms with E-state index in [1.807, 2.05) is 30.3 Å². The first-order valence-corrected chi connectivity index (χ1v) is 6.10. The molecule has 0 aliphatic heterocycles. The Kier molecular flexibility index (Phi) is 4.30. The van der Waals surface area contributed by atoms with Gasteiger partial charge in [0.25, 0.3) is 5.91 Å². The highest BCUT2D eigenvalue weighted by atomic mass is 19.1. The molecule has 104 valence electrons. The third kappa shape index (κ3) is 3.12. The molecule has 1 amide bonds. The number of rotatable bonds is 4. The van der Waals surface area contributed by atoms with Crippen LogP contribution in [0.15, 0.2) is 42.5 Å². The summed E-state index contributed by atoms with van der Waals surface area (Å²) in [5.41, 5.74) is 0.619. The Morgan fingerprint density at radius 1 is 1.10 bits per heavy atom. The van der Waals surface area contributed by atoms with Crippen molar-refractivity contribution in [3.63, 3.8) is 0 Å². The molecule has 0 spiro atoms. The molecular formula is C15H14F2N2O. The lowest BCUT2D eigenvalue weighted by molar-refractivity contribution is 0.0950. The minimum atomic E-state index is -0.794. The van der Waals surface area contributed by atoms with Gasteiger partial charge in [-0.25, -0.2) is 8.78 Å². The Balaban J connectivity index is 2.10. The van der Waals surface area contributed by atoms with Crippen LogP contribution >= 0.6 is 0 Å². The molecule has 0 aliphatic carbocycles. The lowest BCUT2D eigenvalue weighted by Gasteiger charge is -2.08. The van der Waals surface area contributed by atoms with Gasteiger partial charge in [0.05, 0.1) is 0 Å². The zero-order valence-corrected chi connectivity index (χ0v) is 10.9. The summed E-state index contributed by atoms with van der Waals surface area (Å²) in [6, 6.07) is 11.3. The molecule has 2 N–H and O–H groups in total. The van der Waals surface area contributed by atoms with Crippen molar-refractivity contribution in [1.29, 1.82) is 0 Å². The van der Waals surface area contributed by atoms with Gasteiger partial charge in [0.15, 0.2) is 0 Å². The monoisotopic (exact) mass is 276 g/mol. The van der Waals surface area contributed by atoms with Crippen molar-refractivity contribution < 1.29 is 13.6 Å². The summed E-state index contributed by atoms with van der Waals surface area (Å²) in [5.74, 6) is -2.11. The number of benzene rings is 2. The predicted octanol–water partition coefficient (Wildman–Crippen LogP) is 2.94. The van der Waals surface area contributed by atoms with Crippen LogP contribution in [0, 0.1) is 11.6 Å². The highest BCUT2D eigenvalue weighted by Gasteiger charge is 2.14. The molecule has 5 heteroatoms. The number of hydrogen-bond donors (Lipinski definition) is 2. The summed E-state index contributed by atoms with van der Waals surface area (Å²) in [5, 5.41) is 5.02. The van der Waals surface area contributed by atoms with E-state index in [0.717, 1.165) is 17.7 Å². The van der Waals surface area contributed by atoms with Gasteiger partial charge < -0.3 is 10.6 Å². The van der Waals surface area contributed by atoms with Gasteiger partial charge in [-0.1, -0.05) is 30.3 Å². The summed E-state index contributed by atoms with van der Waals surface area (Å²) < 4.78 is 27.1. The smallest absolute Gasteiger partial charge is 0.251 e. The lowest BCUT2D eigenvalue weighted by atomic mass is 10.1. The van der Waals surface area contributed by atoms with E-state index in [0.29, 0.717) is 6.54 Å². The highest BCUT2D eigenvalue weighted by molar-refractivity contribution is 5.94. The van der Waals surface area contributed by atoms with Crippen LogP contribution in [0.2, 0.25) is 0 Å². The summed E-state index contributed by atoms with van der Waals surface area (Å²) >= 11 is 0. The summed E-state index contributed by atoms with van der Waals surface area (Å²) in [7, 11) is 1.41. The number of anilines is 1. The number of carbonyl (C=O) groups is 1. The molecule has 0 heterocycles. The molecule has 3 nitrogen and oxygen atoms in total. The largest absolute Gasteiger partial charge is 0.383 e. The van der Waals surface area contributed by atoms with Crippen molar-refractivity contribution in [3.8, 4) is 0 Å². The van der Waals surface area contributed by atoms with Crippen LogP contribution < -0.4 is 10.6 Å². The average Bonchev–Trinajstić information content (AvgIpc) is 2.45. The molecule has 0 saturated carbocycles. The fraction of sp³-hybridized carbons (Fsp3) is 0.133. The van der Waals surface area contributed by atoms with Crippen LogP contribution in [0.4, 0.5) is 14.5 Å². The summed E-state index contributed by atoms with van der Waals surface area (Å²) in [6.07, 6.45) is 0. The molecule has 2 rings (SSSR count). The van der Waals surface area contributed by atoms with Crippen molar-refractivity contribution in [3.05, 3.63) is 65.2 Å². The molecule has 0 bridgehead atoms. The van der Waals surface area contributed by atoms with Gasteiger partial charge in [-0.05, 0) is 17.7 Å². The van der Waals surface area contributed by atoms with E-state index >= 15 is 0 Å². The van der Waals surface area contributed by atoms with E-state index in [1.54, 1.807) is 0 Å². The van der Waals surface area contributed by atoms with E-state index in [2.05, 4.69) is 10.6 Å². The fourth-order valence-electron chi connectivity index (χ4n) is 1.82. The van der Waals surface area contributed by atoms with E-state index in [1.165, 1.54) is 7.05 Å². The van der Waals surface area contributed by atoms with E-state index in [9.17, 15) is 13.6 Å². The fourth-order valence-corrected chi connectivity index (χ4v) is 1.82. The van der Waals surface area contributed by atoms with Gasteiger partial charge in [0.1, 0.15) is 17.3 Å². The van der Waals surface area contributed by atoms with Gasteiger partial charge >= 0.3 is 0 Å². The average molecular weight is 276 g/mol. The first kappa shape index (κ1) is 14.0. The van der Waals surface area contributed by atoms with Crippen molar-refractivity contribution in [2.75, 3.05) is 12.4 Å². The van der Waals surface area contributed by atoms with Gasteiger partial charge in [0, 0.05) is 19.2 Å². The molecule has 2 aromatic carbocycles. The Morgan fingerprint density at radius 3 is 2.25 bits per heavy atom. The predicted molar refractivity (Wildman–Crippen MR) is 73.5 cm³/mol. The first-order chi connectivity index (χ1) is 9.61. The van der Waals surface area contributed by atoms with E-state index in [4.69, 9.17) is 0 Å². The third-order valence-electron chi connectivity index (χ3n) is 2.85. The standard InChI is InChI=1S/C15H14F2N2O/c1-18-14-12(16)7-11(8-13(14)17)15(20)19-9-10-5-3-2-4-6-10/h2-8,18H,9H2,1H3,(H,19,20). The van der Waals surface area contributed by atoms with Crippen molar-refractivity contribution in [1.82, 2.24) is 5.32 Å². The van der Waals surface area contributed by atoms with Gasteiger partial charge in [0.2, 0.25) is 0 Å². The van der Waals surface area contributed by atoms with Crippen LogP contribution in [-0.2, 0) is 6.54 Å². The molecule has 0 aliphatic rings. The Bertz CT molecular complexity index is 592. The molecule has 20 heavy (non-hydrogen) atoms. The molecule has 0 radical (unpaired) electrons. The van der Waals surface area contributed by atoms with Gasteiger partial charge in [-0.3, -0.25) is 4.79 Å². The molecule has 0 unspecified atom stereocenters. The van der Waals surface area contributed by atoms with E-state index in [-0.39, 0.29) is 11.3 Å². The quantitative estimate of drug-likeness (QED) is 0.901.